The Morgan fingerprint density at radius 2 is 2.22 bits per heavy atom. The van der Waals surface area contributed by atoms with Crippen molar-refractivity contribution >= 4 is 5.69 Å². The number of ether oxygens (including phenoxy) is 1. The van der Waals surface area contributed by atoms with Gasteiger partial charge in [-0.1, -0.05) is 12.1 Å². The first kappa shape index (κ1) is 12.0. The van der Waals surface area contributed by atoms with Crippen LogP contribution in [-0.2, 0) is 17.7 Å². The van der Waals surface area contributed by atoms with Gasteiger partial charge in [-0.2, -0.15) is 0 Å². The quantitative estimate of drug-likeness (QED) is 0.831. The number of nitrogen functional groups attached to an aromatic ring is 1. The molecule has 1 aromatic carbocycles. The molecule has 0 saturated heterocycles. The Bertz CT molecular complexity index is 427. The van der Waals surface area contributed by atoms with Crippen molar-refractivity contribution in [3.05, 3.63) is 29.3 Å². The minimum Gasteiger partial charge on any atom is -0.398 e. The van der Waals surface area contributed by atoms with Crippen molar-refractivity contribution in [2.45, 2.75) is 44.9 Å². The molecule has 0 atom stereocenters. The van der Waals surface area contributed by atoms with Crippen molar-refractivity contribution < 1.29 is 4.74 Å². The third-order valence-corrected chi connectivity index (χ3v) is 4.33. The van der Waals surface area contributed by atoms with Gasteiger partial charge in [-0.15, -0.1) is 0 Å². The molecule has 2 N–H and O–H groups in total. The number of benzene rings is 1. The van der Waals surface area contributed by atoms with E-state index in [-0.39, 0.29) is 0 Å². The zero-order chi connectivity index (χ0) is 12.5. The number of nitrogens with two attached hydrogens (primary N) is 1. The van der Waals surface area contributed by atoms with Gasteiger partial charge in [0.2, 0.25) is 0 Å². The van der Waals surface area contributed by atoms with Crippen LogP contribution in [0.1, 0.15) is 30.9 Å². The summed E-state index contributed by atoms with van der Waals surface area (Å²) in [7, 11) is 0. The highest BCUT2D eigenvalue weighted by Crippen LogP contribution is 2.33. The van der Waals surface area contributed by atoms with Crippen LogP contribution in [0.15, 0.2) is 18.2 Å². The molecule has 1 heterocycles. The maximum absolute atomic E-state index is 6.09. The molecule has 1 aromatic rings. The second-order valence-electron chi connectivity index (χ2n) is 5.41. The fourth-order valence-electron chi connectivity index (χ4n) is 3.15. The highest BCUT2D eigenvalue weighted by molar-refractivity contribution is 5.51. The molecule has 0 unspecified atom stereocenters. The number of nitrogens with zero attached hydrogens (tertiary/aromatic N) is 1. The van der Waals surface area contributed by atoms with E-state index in [1.807, 2.05) is 6.07 Å². The summed E-state index contributed by atoms with van der Waals surface area (Å²) in [5.41, 5.74) is 9.83. The summed E-state index contributed by atoms with van der Waals surface area (Å²) < 4.78 is 5.64. The van der Waals surface area contributed by atoms with Crippen molar-refractivity contribution in [3.8, 4) is 0 Å². The number of fused-ring (bicyclic) bond motifs is 1. The molecule has 98 valence electrons. The van der Waals surface area contributed by atoms with Crippen LogP contribution in [0, 0.1) is 0 Å². The van der Waals surface area contributed by atoms with Crippen molar-refractivity contribution in [2.24, 2.45) is 0 Å². The van der Waals surface area contributed by atoms with Gasteiger partial charge in [-0.3, -0.25) is 4.90 Å². The van der Waals surface area contributed by atoms with Crippen molar-refractivity contribution in [3.63, 3.8) is 0 Å². The van der Waals surface area contributed by atoms with Gasteiger partial charge in [0.15, 0.2) is 0 Å². The van der Waals surface area contributed by atoms with Crippen molar-refractivity contribution in [1.82, 2.24) is 4.90 Å². The molecule has 0 amide bonds. The van der Waals surface area contributed by atoms with Gasteiger partial charge in [-0.25, -0.2) is 0 Å². The minimum absolute atomic E-state index is 0.495. The predicted molar refractivity (Wildman–Crippen MR) is 73.4 cm³/mol. The Hall–Kier alpha value is -1.06. The Labute approximate surface area is 109 Å². The Balaban J connectivity index is 1.64. The normalized spacial score (nSPS) is 27.6. The van der Waals surface area contributed by atoms with Crippen LogP contribution < -0.4 is 5.73 Å². The molecule has 0 bridgehead atoms. The average Bonchev–Trinajstić information content (AvgIpc) is 2.34. The highest BCUT2D eigenvalue weighted by atomic mass is 16.5. The fourth-order valence-corrected chi connectivity index (χ4v) is 3.15. The standard InChI is InChI=1S/C15H22N2O/c1-2-18-13-8-12(9-13)17-7-6-11-4-3-5-15(16)14(11)10-17/h3-5,12-13H,2,6-10,16H2,1H3. The van der Waals surface area contributed by atoms with E-state index in [0.717, 1.165) is 25.3 Å². The summed E-state index contributed by atoms with van der Waals surface area (Å²) >= 11 is 0. The van der Waals surface area contributed by atoms with Crippen LogP contribution in [0.3, 0.4) is 0 Å². The predicted octanol–water partition coefficient (Wildman–Crippen LogP) is 2.19. The second-order valence-corrected chi connectivity index (χ2v) is 5.41. The molecule has 2 aliphatic rings. The summed E-state index contributed by atoms with van der Waals surface area (Å²) in [5, 5.41) is 0. The van der Waals surface area contributed by atoms with Crippen LogP contribution in [-0.4, -0.2) is 30.2 Å². The molecule has 18 heavy (non-hydrogen) atoms. The Kier molecular flexibility index (Phi) is 3.27. The molecule has 1 aliphatic heterocycles. The smallest absolute Gasteiger partial charge is 0.0604 e. The van der Waals surface area contributed by atoms with E-state index in [0.29, 0.717) is 12.1 Å². The molecule has 1 saturated carbocycles. The minimum atomic E-state index is 0.495. The van der Waals surface area contributed by atoms with Gasteiger partial charge in [-0.05, 0) is 43.4 Å². The molecule has 1 fully saturated rings. The molecular weight excluding hydrogens is 224 g/mol. The molecule has 1 aliphatic carbocycles. The van der Waals surface area contributed by atoms with E-state index in [9.17, 15) is 0 Å². The maximum Gasteiger partial charge on any atom is 0.0604 e. The van der Waals surface area contributed by atoms with Gasteiger partial charge in [0.25, 0.3) is 0 Å². The molecule has 0 radical (unpaired) electrons. The first-order valence-corrected chi connectivity index (χ1v) is 6.99. The molecule has 3 rings (SSSR count). The van der Waals surface area contributed by atoms with Gasteiger partial charge < -0.3 is 10.5 Å². The van der Waals surface area contributed by atoms with Gasteiger partial charge >= 0.3 is 0 Å². The average molecular weight is 246 g/mol. The largest absolute Gasteiger partial charge is 0.398 e. The number of anilines is 1. The monoisotopic (exact) mass is 246 g/mol. The van der Waals surface area contributed by atoms with Gasteiger partial charge in [0.05, 0.1) is 6.10 Å². The van der Waals surface area contributed by atoms with E-state index in [1.54, 1.807) is 0 Å². The van der Waals surface area contributed by atoms with E-state index in [2.05, 4.69) is 24.0 Å². The SMILES string of the molecule is CCOC1CC(N2CCc3cccc(N)c3C2)C1. The van der Waals surface area contributed by atoms with Crippen LogP contribution >= 0.6 is 0 Å². The lowest BCUT2D eigenvalue weighted by atomic mass is 9.85. The molecule has 0 aromatic heterocycles. The maximum atomic E-state index is 6.09. The van der Waals surface area contributed by atoms with Crippen molar-refractivity contribution in [2.75, 3.05) is 18.9 Å². The lowest BCUT2D eigenvalue weighted by molar-refractivity contribution is -0.0498. The third kappa shape index (κ3) is 2.13. The number of hydrogen-bond donors (Lipinski definition) is 1. The van der Waals surface area contributed by atoms with Crippen LogP contribution in [0.2, 0.25) is 0 Å². The summed E-state index contributed by atoms with van der Waals surface area (Å²) in [6.45, 7) is 5.10. The second kappa shape index (κ2) is 4.90. The lowest BCUT2D eigenvalue weighted by Crippen LogP contribution is -2.49. The highest BCUT2D eigenvalue weighted by Gasteiger charge is 2.35. The van der Waals surface area contributed by atoms with Gasteiger partial charge in [0.1, 0.15) is 0 Å². The molecule has 0 spiro atoms. The van der Waals surface area contributed by atoms with E-state index < -0.39 is 0 Å². The summed E-state index contributed by atoms with van der Waals surface area (Å²) in [6.07, 6.45) is 4.01. The van der Waals surface area contributed by atoms with Crippen molar-refractivity contribution in [1.29, 1.82) is 0 Å². The summed E-state index contributed by atoms with van der Waals surface area (Å²) in [4.78, 5) is 2.58. The first-order chi connectivity index (χ1) is 8.78. The first-order valence-electron chi connectivity index (χ1n) is 6.99. The number of rotatable bonds is 3. The Morgan fingerprint density at radius 3 is 3.00 bits per heavy atom. The van der Waals surface area contributed by atoms with E-state index in [4.69, 9.17) is 10.5 Å². The summed E-state index contributed by atoms with van der Waals surface area (Å²) in [5.74, 6) is 0. The molecular formula is C15H22N2O. The topological polar surface area (TPSA) is 38.5 Å². The van der Waals surface area contributed by atoms with E-state index in [1.165, 1.54) is 30.5 Å². The zero-order valence-corrected chi connectivity index (χ0v) is 11.1. The molecule has 3 nitrogen and oxygen atoms in total. The van der Waals surface area contributed by atoms with E-state index >= 15 is 0 Å². The Morgan fingerprint density at radius 1 is 1.39 bits per heavy atom. The van der Waals surface area contributed by atoms with Crippen LogP contribution in [0.4, 0.5) is 5.69 Å². The number of hydrogen-bond acceptors (Lipinski definition) is 3. The van der Waals surface area contributed by atoms with Crippen LogP contribution in [0.25, 0.3) is 0 Å². The summed E-state index contributed by atoms with van der Waals surface area (Å²) in [6, 6.07) is 7.01. The molecule has 3 heteroatoms. The zero-order valence-electron chi connectivity index (χ0n) is 11.1. The lowest BCUT2D eigenvalue weighted by Gasteiger charge is -2.44. The fraction of sp³-hybridized carbons (Fsp3) is 0.600. The van der Waals surface area contributed by atoms with Gasteiger partial charge in [0, 0.05) is 31.4 Å². The van der Waals surface area contributed by atoms with Crippen LogP contribution in [0.5, 0.6) is 0 Å². The third-order valence-electron chi connectivity index (χ3n) is 4.33.